The maximum atomic E-state index is 5.16. The number of fused-ring (bicyclic) bond motifs is 1. The molecule has 0 aliphatic rings. The number of hydrogen-bond acceptors (Lipinski definition) is 2. The van der Waals surface area contributed by atoms with E-state index < -0.39 is 0 Å². The predicted molar refractivity (Wildman–Crippen MR) is 72.8 cm³/mol. The highest BCUT2D eigenvalue weighted by Crippen LogP contribution is 2.15. The summed E-state index contributed by atoms with van der Waals surface area (Å²) >= 11 is 0. The number of nitrogens with zero attached hydrogens (tertiary/aromatic N) is 1. The van der Waals surface area contributed by atoms with Crippen molar-refractivity contribution in [3.63, 3.8) is 0 Å². The molecule has 0 saturated heterocycles. The summed E-state index contributed by atoms with van der Waals surface area (Å²) in [4.78, 5) is 4.12. The van der Waals surface area contributed by atoms with Gasteiger partial charge in [0.25, 0.3) is 0 Å². The van der Waals surface area contributed by atoms with Crippen molar-refractivity contribution in [1.29, 1.82) is 0 Å². The van der Waals surface area contributed by atoms with E-state index in [1.807, 2.05) is 60.6 Å². The van der Waals surface area contributed by atoms with Crippen LogP contribution in [0.5, 0.6) is 0 Å². The predicted octanol–water partition coefficient (Wildman–Crippen LogP) is 5.21. The Morgan fingerprint density at radius 2 is 1.50 bits per heavy atom. The van der Waals surface area contributed by atoms with Crippen LogP contribution in [0.3, 0.4) is 0 Å². The highest BCUT2D eigenvalue weighted by atomic mass is 16.3. The van der Waals surface area contributed by atoms with Crippen molar-refractivity contribution in [2.45, 2.75) is 48.5 Å². The Morgan fingerprint density at radius 1 is 0.938 bits per heavy atom. The number of furan rings is 1. The molecule has 0 unspecified atom stereocenters. The van der Waals surface area contributed by atoms with Gasteiger partial charge in [-0.25, -0.2) is 0 Å². The summed E-state index contributed by atoms with van der Waals surface area (Å²) in [7, 11) is 0. The minimum Gasteiger partial charge on any atom is -0.464 e. The molecule has 2 aromatic heterocycles. The van der Waals surface area contributed by atoms with Crippen LogP contribution >= 0.6 is 0 Å². The zero-order chi connectivity index (χ0) is 13.0. The van der Waals surface area contributed by atoms with Crippen LogP contribution in [0.15, 0.2) is 29.0 Å². The Bertz CT molecular complexity index is 352. The van der Waals surface area contributed by atoms with Gasteiger partial charge in [-0.2, -0.15) is 0 Å². The molecule has 2 aromatic rings. The second-order valence-electron chi connectivity index (χ2n) is 2.23. The number of hydrogen-bond donors (Lipinski definition) is 0. The molecule has 0 N–H and O–H groups in total. The SMILES string of the molecule is CC.CC.CC.Cc1nccc2occc12. The lowest BCUT2D eigenvalue weighted by Crippen LogP contribution is -1.77. The minimum absolute atomic E-state index is 0.910. The number of pyridine rings is 1. The van der Waals surface area contributed by atoms with E-state index in [1.54, 1.807) is 12.5 Å². The van der Waals surface area contributed by atoms with E-state index in [-0.39, 0.29) is 0 Å². The Hall–Kier alpha value is -1.31. The first-order chi connectivity index (χ1) is 7.88. The van der Waals surface area contributed by atoms with Gasteiger partial charge in [0.05, 0.1) is 6.26 Å². The van der Waals surface area contributed by atoms with Crippen LogP contribution < -0.4 is 0 Å². The van der Waals surface area contributed by atoms with Gasteiger partial charge in [0.15, 0.2) is 0 Å². The van der Waals surface area contributed by atoms with E-state index >= 15 is 0 Å². The van der Waals surface area contributed by atoms with E-state index in [1.165, 1.54) is 0 Å². The van der Waals surface area contributed by atoms with Gasteiger partial charge >= 0.3 is 0 Å². The third-order valence-electron chi connectivity index (χ3n) is 1.58. The lowest BCUT2D eigenvalue weighted by atomic mass is 10.2. The van der Waals surface area contributed by atoms with Crippen molar-refractivity contribution < 1.29 is 4.42 Å². The summed E-state index contributed by atoms with van der Waals surface area (Å²) in [6.07, 6.45) is 3.43. The number of rotatable bonds is 0. The van der Waals surface area contributed by atoms with Crippen molar-refractivity contribution in [1.82, 2.24) is 4.98 Å². The zero-order valence-electron chi connectivity index (χ0n) is 11.7. The topological polar surface area (TPSA) is 26.0 Å². The quantitative estimate of drug-likeness (QED) is 0.612. The van der Waals surface area contributed by atoms with Gasteiger partial charge in [0.2, 0.25) is 0 Å². The number of aryl methyl sites for hydroxylation is 1. The van der Waals surface area contributed by atoms with Crippen LogP contribution in [0.4, 0.5) is 0 Å². The Kier molecular flexibility index (Phi) is 12.6. The van der Waals surface area contributed by atoms with Gasteiger partial charge in [0, 0.05) is 17.3 Å². The molecule has 92 valence electrons. The molecular formula is C14H25NO. The van der Waals surface area contributed by atoms with E-state index in [0.29, 0.717) is 0 Å². The van der Waals surface area contributed by atoms with Crippen LogP contribution in [0, 0.1) is 6.92 Å². The highest BCUT2D eigenvalue weighted by Gasteiger charge is 1.97. The van der Waals surface area contributed by atoms with E-state index in [2.05, 4.69) is 4.98 Å². The van der Waals surface area contributed by atoms with E-state index in [0.717, 1.165) is 16.7 Å². The molecule has 0 amide bonds. The van der Waals surface area contributed by atoms with Crippen molar-refractivity contribution in [2.75, 3.05) is 0 Å². The van der Waals surface area contributed by atoms with Crippen LogP contribution in [0.2, 0.25) is 0 Å². The van der Waals surface area contributed by atoms with Gasteiger partial charge < -0.3 is 4.42 Å². The summed E-state index contributed by atoms with van der Waals surface area (Å²) in [6.45, 7) is 14.0. The summed E-state index contributed by atoms with van der Waals surface area (Å²) in [5, 5.41) is 1.10. The number of aromatic nitrogens is 1. The van der Waals surface area contributed by atoms with Gasteiger partial charge in [-0.1, -0.05) is 41.5 Å². The molecule has 0 saturated carbocycles. The van der Waals surface area contributed by atoms with Gasteiger partial charge in [0.1, 0.15) is 5.58 Å². The Balaban J connectivity index is 0. The highest BCUT2D eigenvalue weighted by molar-refractivity contribution is 5.78. The van der Waals surface area contributed by atoms with Gasteiger partial charge in [-0.3, -0.25) is 4.98 Å². The third kappa shape index (κ3) is 4.96. The molecule has 0 spiro atoms. The van der Waals surface area contributed by atoms with Crippen molar-refractivity contribution in [2.24, 2.45) is 0 Å². The Morgan fingerprint density at radius 3 is 2.00 bits per heavy atom. The average Bonchev–Trinajstić information content (AvgIpc) is 2.87. The van der Waals surface area contributed by atoms with Crippen LogP contribution in [-0.4, -0.2) is 4.98 Å². The zero-order valence-corrected chi connectivity index (χ0v) is 11.7. The molecule has 16 heavy (non-hydrogen) atoms. The smallest absolute Gasteiger partial charge is 0.137 e. The van der Waals surface area contributed by atoms with Gasteiger partial charge in [-0.15, -0.1) is 0 Å². The third-order valence-corrected chi connectivity index (χ3v) is 1.58. The Labute approximate surface area is 99.7 Å². The van der Waals surface area contributed by atoms with Crippen molar-refractivity contribution in [3.05, 3.63) is 30.3 Å². The van der Waals surface area contributed by atoms with Crippen molar-refractivity contribution >= 4 is 11.0 Å². The average molecular weight is 223 g/mol. The molecule has 0 aliphatic heterocycles. The molecule has 2 heterocycles. The molecule has 0 fully saturated rings. The lowest BCUT2D eigenvalue weighted by Gasteiger charge is -1.89. The fraction of sp³-hybridized carbons (Fsp3) is 0.500. The van der Waals surface area contributed by atoms with Crippen LogP contribution in [-0.2, 0) is 0 Å². The molecule has 0 aromatic carbocycles. The van der Waals surface area contributed by atoms with Gasteiger partial charge in [-0.05, 0) is 19.1 Å². The molecular weight excluding hydrogens is 198 g/mol. The molecule has 0 bridgehead atoms. The summed E-state index contributed by atoms with van der Waals surface area (Å²) in [5.74, 6) is 0. The monoisotopic (exact) mass is 223 g/mol. The van der Waals surface area contributed by atoms with Crippen molar-refractivity contribution in [3.8, 4) is 0 Å². The summed E-state index contributed by atoms with van der Waals surface area (Å²) in [6, 6.07) is 3.79. The normalized spacial score (nSPS) is 7.69. The molecule has 2 heteroatoms. The maximum absolute atomic E-state index is 5.16. The van der Waals surface area contributed by atoms with Crippen LogP contribution in [0.1, 0.15) is 47.2 Å². The first kappa shape index (κ1) is 17.1. The standard InChI is InChI=1S/C8H7NO.3C2H6/c1-6-7-3-5-10-8(7)2-4-9-6;3*1-2/h2-5H,1H3;3*1-2H3. The second-order valence-corrected chi connectivity index (χ2v) is 2.23. The molecule has 0 atom stereocenters. The second kappa shape index (κ2) is 11.8. The molecule has 0 radical (unpaired) electrons. The fourth-order valence-corrected chi connectivity index (χ4v) is 1.04. The molecule has 2 nitrogen and oxygen atoms in total. The molecule has 0 aliphatic carbocycles. The first-order valence-electron chi connectivity index (χ1n) is 6.17. The fourth-order valence-electron chi connectivity index (χ4n) is 1.04. The summed E-state index contributed by atoms with van der Waals surface area (Å²) < 4.78 is 5.16. The maximum Gasteiger partial charge on any atom is 0.137 e. The largest absolute Gasteiger partial charge is 0.464 e. The summed E-state index contributed by atoms with van der Waals surface area (Å²) in [5.41, 5.74) is 1.93. The van der Waals surface area contributed by atoms with Crippen LogP contribution in [0.25, 0.3) is 11.0 Å². The van der Waals surface area contributed by atoms with E-state index in [9.17, 15) is 0 Å². The lowest BCUT2D eigenvalue weighted by molar-refractivity contribution is 0.615. The van der Waals surface area contributed by atoms with E-state index in [4.69, 9.17) is 4.42 Å². The molecule has 2 rings (SSSR count). The minimum atomic E-state index is 0.910. The first-order valence-corrected chi connectivity index (χ1v) is 6.17.